The molecule has 0 fully saturated rings. The average Bonchev–Trinajstić information content (AvgIpc) is 3.65. The SMILES string of the molecule is CC/C=C\C/C=C\C/C=C\C/C=C\C/C=C\C/C=C\CCCCCCC(=O)OCC(O)COP(=O)(O)OCC(O)COP(=O)(O)OCC(COC(=O)CCCCCCC/C=C\C/C=C\C/C=C\CC)OC(=O)CCCCCCC/C=C\C/C=C\C/C=C\CC. The number of aliphatic hydroxyl groups is 2. The number of unbranched alkanes of at least 4 members (excludes halogenated alkanes) is 14. The van der Waals surface area contributed by atoms with Crippen molar-refractivity contribution in [3.05, 3.63) is 146 Å². The number of allylic oxidation sites excluding steroid dienone is 24. The van der Waals surface area contributed by atoms with Gasteiger partial charge in [0.25, 0.3) is 0 Å². The summed E-state index contributed by atoms with van der Waals surface area (Å²) in [4.78, 5) is 58.3. The number of phosphoric ester groups is 2. The molecule has 5 atom stereocenters. The lowest BCUT2D eigenvalue weighted by Gasteiger charge is -2.21. The van der Waals surface area contributed by atoms with Gasteiger partial charge in [-0.05, 0) is 135 Å². The van der Waals surface area contributed by atoms with Crippen molar-refractivity contribution in [2.45, 2.75) is 245 Å². The molecule has 0 heterocycles. The first-order chi connectivity index (χ1) is 43.2. The number of aliphatic hydroxyl groups excluding tert-OH is 2. The second-order valence-corrected chi connectivity index (χ2v) is 24.4. The maximum atomic E-state index is 12.9. The third kappa shape index (κ3) is 64.8. The van der Waals surface area contributed by atoms with Crippen LogP contribution in [0.25, 0.3) is 0 Å². The lowest BCUT2D eigenvalue weighted by molar-refractivity contribution is -0.161. The van der Waals surface area contributed by atoms with E-state index in [0.717, 1.165) is 167 Å². The molecule has 89 heavy (non-hydrogen) atoms. The van der Waals surface area contributed by atoms with Crippen LogP contribution in [-0.2, 0) is 55.8 Å². The van der Waals surface area contributed by atoms with Crippen LogP contribution in [-0.4, -0.2) is 95.9 Å². The minimum Gasteiger partial charge on any atom is -0.463 e. The van der Waals surface area contributed by atoms with Gasteiger partial charge in [0.05, 0.1) is 26.4 Å². The molecule has 0 rings (SSSR count). The monoisotopic (exact) mass is 1290 g/mol. The first kappa shape index (κ1) is 84.4. The fourth-order valence-electron chi connectivity index (χ4n) is 8.07. The van der Waals surface area contributed by atoms with Crippen molar-refractivity contribution < 1.29 is 75.8 Å². The fourth-order valence-corrected chi connectivity index (χ4v) is 9.66. The Morgan fingerprint density at radius 2 is 0.562 bits per heavy atom. The van der Waals surface area contributed by atoms with Crippen LogP contribution in [0.4, 0.5) is 0 Å². The van der Waals surface area contributed by atoms with Crippen molar-refractivity contribution in [2.75, 3.05) is 39.6 Å². The van der Waals surface area contributed by atoms with Crippen molar-refractivity contribution in [3.8, 4) is 0 Å². The number of carbonyl (C=O) groups excluding carboxylic acids is 3. The molecular weight excluding hydrogens is 1170 g/mol. The Morgan fingerprint density at radius 3 is 0.888 bits per heavy atom. The van der Waals surface area contributed by atoms with E-state index in [0.29, 0.717) is 19.3 Å². The summed E-state index contributed by atoms with van der Waals surface area (Å²) in [6, 6.07) is 0. The molecule has 0 bridgehead atoms. The van der Waals surface area contributed by atoms with Crippen molar-refractivity contribution in [1.82, 2.24) is 0 Å². The number of phosphoric acid groups is 2. The van der Waals surface area contributed by atoms with Gasteiger partial charge >= 0.3 is 33.6 Å². The third-order valence-electron chi connectivity index (χ3n) is 13.0. The molecule has 0 aromatic heterocycles. The van der Waals surface area contributed by atoms with Gasteiger partial charge in [-0.2, -0.15) is 0 Å². The molecule has 0 radical (unpaired) electrons. The van der Waals surface area contributed by atoms with Gasteiger partial charge in [0.15, 0.2) is 6.10 Å². The lowest BCUT2D eigenvalue weighted by Crippen LogP contribution is -2.30. The van der Waals surface area contributed by atoms with Crippen LogP contribution in [0.1, 0.15) is 226 Å². The first-order valence-electron chi connectivity index (χ1n) is 33.1. The second-order valence-electron chi connectivity index (χ2n) is 21.5. The lowest BCUT2D eigenvalue weighted by atomic mass is 10.1. The van der Waals surface area contributed by atoms with E-state index < -0.39 is 91.5 Å². The first-order valence-corrected chi connectivity index (χ1v) is 36.1. The zero-order valence-corrected chi connectivity index (χ0v) is 56.3. The van der Waals surface area contributed by atoms with E-state index >= 15 is 0 Å². The molecule has 0 amide bonds. The van der Waals surface area contributed by atoms with Crippen LogP contribution in [0.2, 0.25) is 0 Å². The van der Waals surface area contributed by atoms with E-state index in [1.54, 1.807) is 0 Å². The highest BCUT2D eigenvalue weighted by atomic mass is 31.2. The normalized spacial score (nSPS) is 15.2. The Balaban J connectivity index is 4.68. The molecule has 0 aliphatic heterocycles. The molecule has 18 heteroatoms. The van der Waals surface area contributed by atoms with Crippen LogP contribution in [0, 0.1) is 0 Å². The highest BCUT2D eigenvalue weighted by molar-refractivity contribution is 7.47. The molecule has 506 valence electrons. The Labute approximate surface area is 537 Å². The maximum Gasteiger partial charge on any atom is 0.472 e. The molecule has 0 saturated heterocycles. The third-order valence-corrected chi connectivity index (χ3v) is 14.9. The largest absolute Gasteiger partial charge is 0.472 e. The van der Waals surface area contributed by atoms with Gasteiger partial charge in [-0.3, -0.25) is 32.5 Å². The van der Waals surface area contributed by atoms with Gasteiger partial charge in [0.2, 0.25) is 0 Å². The molecule has 0 aliphatic rings. The van der Waals surface area contributed by atoms with E-state index in [9.17, 15) is 43.5 Å². The number of esters is 3. The van der Waals surface area contributed by atoms with Gasteiger partial charge in [-0.25, -0.2) is 9.13 Å². The molecular formula is C71H116O16P2. The van der Waals surface area contributed by atoms with E-state index in [2.05, 4.69) is 167 Å². The van der Waals surface area contributed by atoms with Gasteiger partial charge in [-0.15, -0.1) is 0 Å². The van der Waals surface area contributed by atoms with E-state index in [4.69, 9.17) is 32.3 Å². The van der Waals surface area contributed by atoms with E-state index in [1.807, 2.05) is 0 Å². The quantitative estimate of drug-likeness (QED) is 0.0146. The van der Waals surface area contributed by atoms with Crippen molar-refractivity contribution in [1.29, 1.82) is 0 Å². The number of hydrogen-bond donors (Lipinski definition) is 4. The molecule has 5 unspecified atom stereocenters. The number of ether oxygens (including phenoxy) is 3. The molecule has 0 aliphatic carbocycles. The van der Waals surface area contributed by atoms with Crippen LogP contribution in [0.15, 0.2) is 146 Å². The summed E-state index contributed by atoms with van der Waals surface area (Å²) >= 11 is 0. The number of carbonyl (C=O) groups is 3. The molecule has 0 spiro atoms. The Bertz CT molecular complexity index is 2210. The number of hydrogen-bond acceptors (Lipinski definition) is 14. The highest BCUT2D eigenvalue weighted by Gasteiger charge is 2.29. The van der Waals surface area contributed by atoms with Crippen LogP contribution < -0.4 is 0 Å². The molecule has 0 aromatic carbocycles. The predicted octanol–water partition coefficient (Wildman–Crippen LogP) is 18.2. The topological polar surface area (TPSA) is 231 Å². The molecule has 0 saturated carbocycles. The summed E-state index contributed by atoms with van der Waals surface area (Å²) in [6.45, 7) is 2.22. The van der Waals surface area contributed by atoms with Crippen molar-refractivity contribution in [3.63, 3.8) is 0 Å². The predicted molar refractivity (Wildman–Crippen MR) is 362 cm³/mol. The maximum absolute atomic E-state index is 12.9. The average molecular weight is 1290 g/mol. The summed E-state index contributed by atoms with van der Waals surface area (Å²) < 4.78 is 60.8. The summed E-state index contributed by atoms with van der Waals surface area (Å²) in [5.74, 6) is -1.65. The summed E-state index contributed by atoms with van der Waals surface area (Å²) in [5, 5.41) is 20.5. The van der Waals surface area contributed by atoms with Crippen LogP contribution >= 0.6 is 15.6 Å². The summed E-state index contributed by atoms with van der Waals surface area (Å²) in [6.07, 6.45) is 74.7. The van der Waals surface area contributed by atoms with Gasteiger partial charge < -0.3 is 34.2 Å². The zero-order valence-electron chi connectivity index (χ0n) is 54.5. The summed E-state index contributed by atoms with van der Waals surface area (Å²) in [7, 11) is -9.80. The summed E-state index contributed by atoms with van der Waals surface area (Å²) in [5.41, 5.74) is 0. The van der Waals surface area contributed by atoms with E-state index in [-0.39, 0.29) is 19.3 Å². The standard InChI is InChI=1S/C71H116O16P2/c1-4-7-10-13-16-19-22-25-28-29-30-31-32-33-34-35-38-40-42-45-48-51-54-57-69(74)81-60-66(72)61-83-88(77,78)84-62-67(73)63-85-89(79,80)86-65-68(87-71(76)59-56-53-50-47-44-41-37-27-24-21-18-15-12-9-6-3)64-82-70(75)58-55-52-49-46-43-39-36-26-23-20-17-14-11-8-5-2/h7-12,16-21,25-28,30-31,33-34,36-38,40,66-68,72-73H,4-6,13-15,22-24,29,32,35,39,41-65H2,1-3H3,(H,77,78)(H,79,80)/b10-7-,11-8-,12-9-,19-16-,20-17-,21-18-,28-25-,31-30-,34-33-,36-26-,37-27-,40-38-. The van der Waals surface area contributed by atoms with Crippen LogP contribution in [0.3, 0.4) is 0 Å². The Hall–Kier alpha value is -4.57. The minimum absolute atomic E-state index is 0.0757. The molecule has 16 nitrogen and oxygen atoms in total. The van der Waals surface area contributed by atoms with Crippen LogP contribution in [0.5, 0.6) is 0 Å². The van der Waals surface area contributed by atoms with Gasteiger partial charge in [0.1, 0.15) is 25.4 Å². The Morgan fingerprint density at radius 1 is 0.315 bits per heavy atom. The number of rotatable bonds is 61. The van der Waals surface area contributed by atoms with Crippen molar-refractivity contribution in [2.24, 2.45) is 0 Å². The van der Waals surface area contributed by atoms with Gasteiger partial charge in [-0.1, -0.05) is 218 Å². The van der Waals surface area contributed by atoms with Gasteiger partial charge in [0, 0.05) is 19.3 Å². The minimum atomic E-state index is -4.94. The molecule has 4 N–H and O–H groups in total. The molecule has 0 aromatic rings. The van der Waals surface area contributed by atoms with Crippen molar-refractivity contribution >= 4 is 33.6 Å². The zero-order chi connectivity index (χ0) is 65.3. The van der Waals surface area contributed by atoms with E-state index in [1.165, 1.54) is 0 Å². The second kappa shape index (κ2) is 63.6. The fraction of sp³-hybridized carbons (Fsp3) is 0.620. The smallest absolute Gasteiger partial charge is 0.463 e. The highest BCUT2D eigenvalue weighted by Crippen LogP contribution is 2.45. The Kier molecular flexibility index (Phi) is 60.3.